The molecule has 0 unspecified atom stereocenters. The standard InChI is InChI=1S/C26H32F3N5O4/c1-36-18-5-3-16(4-6-18)25(35)34-9-7-19(13-34)38-23-20-14-33(10-8-22(20)31-15-32-23)17-11-21(26(27,28)29)24(37-2)30-12-17/h11-12,15-16,18-19H,3-10,13-14H2,1-2H3/t16-,18-,19-/m0/s1. The van der Waals surface area contributed by atoms with Gasteiger partial charge < -0.3 is 24.0 Å². The van der Waals surface area contributed by atoms with Crippen LogP contribution in [0, 0.1) is 5.92 Å². The van der Waals surface area contributed by atoms with Crippen LogP contribution in [0.4, 0.5) is 18.9 Å². The van der Waals surface area contributed by atoms with Gasteiger partial charge in [0.05, 0.1) is 49.4 Å². The smallest absolute Gasteiger partial charge is 0.421 e. The summed E-state index contributed by atoms with van der Waals surface area (Å²) in [6.45, 7) is 1.88. The Labute approximate surface area is 219 Å². The minimum absolute atomic E-state index is 0.0280. The molecule has 0 aromatic carbocycles. The number of hydrogen-bond donors (Lipinski definition) is 0. The van der Waals surface area contributed by atoms with E-state index >= 15 is 0 Å². The van der Waals surface area contributed by atoms with Crippen molar-refractivity contribution in [2.75, 3.05) is 38.8 Å². The lowest BCUT2D eigenvalue weighted by atomic mass is 9.86. The first kappa shape index (κ1) is 26.5. The number of methoxy groups -OCH3 is 2. The van der Waals surface area contributed by atoms with Crippen LogP contribution in [0.2, 0.25) is 0 Å². The molecule has 1 saturated heterocycles. The van der Waals surface area contributed by atoms with E-state index in [1.807, 2.05) is 4.90 Å². The summed E-state index contributed by atoms with van der Waals surface area (Å²) in [5, 5.41) is 0. The number of likely N-dealkylation sites (tertiary alicyclic amines) is 1. The summed E-state index contributed by atoms with van der Waals surface area (Å²) in [5.41, 5.74) is 0.963. The minimum atomic E-state index is -4.59. The number of amides is 1. The maximum absolute atomic E-state index is 13.5. The van der Waals surface area contributed by atoms with E-state index in [1.54, 1.807) is 12.0 Å². The van der Waals surface area contributed by atoms with Crippen LogP contribution in [0.25, 0.3) is 0 Å². The van der Waals surface area contributed by atoms with Gasteiger partial charge in [0.25, 0.3) is 0 Å². The van der Waals surface area contributed by atoms with Crippen LogP contribution >= 0.6 is 0 Å². The molecule has 12 heteroatoms. The van der Waals surface area contributed by atoms with E-state index in [0.29, 0.717) is 44.0 Å². The average Bonchev–Trinajstić information content (AvgIpc) is 3.40. The number of anilines is 1. The van der Waals surface area contributed by atoms with E-state index in [4.69, 9.17) is 14.2 Å². The number of hydrogen-bond acceptors (Lipinski definition) is 8. The predicted molar refractivity (Wildman–Crippen MR) is 131 cm³/mol. The maximum atomic E-state index is 13.5. The molecule has 9 nitrogen and oxygen atoms in total. The molecule has 0 radical (unpaired) electrons. The van der Waals surface area contributed by atoms with E-state index in [-0.39, 0.29) is 30.6 Å². The van der Waals surface area contributed by atoms with E-state index in [9.17, 15) is 18.0 Å². The van der Waals surface area contributed by atoms with Gasteiger partial charge in [-0.05, 0) is 31.7 Å². The molecule has 2 aromatic rings. The monoisotopic (exact) mass is 535 g/mol. The van der Waals surface area contributed by atoms with Gasteiger partial charge in [0.15, 0.2) is 0 Å². The Morgan fingerprint density at radius 1 is 1.00 bits per heavy atom. The fourth-order valence-corrected chi connectivity index (χ4v) is 5.60. The lowest BCUT2D eigenvalue weighted by Crippen LogP contribution is -2.38. The van der Waals surface area contributed by atoms with Crippen molar-refractivity contribution >= 4 is 11.6 Å². The summed E-state index contributed by atoms with van der Waals surface area (Å²) >= 11 is 0. The summed E-state index contributed by atoms with van der Waals surface area (Å²) in [7, 11) is 2.88. The molecular formula is C26H32F3N5O4. The van der Waals surface area contributed by atoms with Crippen molar-refractivity contribution in [2.24, 2.45) is 5.92 Å². The number of halogens is 3. The third-order valence-corrected chi connectivity index (χ3v) is 7.75. The molecule has 3 aliphatic rings. The molecule has 1 atom stereocenters. The highest BCUT2D eigenvalue weighted by Crippen LogP contribution is 2.38. The highest BCUT2D eigenvalue weighted by molar-refractivity contribution is 5.79. The molecule has 1 aliphatic carbocycles. The second-order valence-corrected chi connectivity index (χ2v) is 10.0. The second kappa shape index (κ2) is 10.9. The molecule has 5 rings (SSSR count). The molecule has 2 fully saturated rings. The van der Waals surface area contributed by atoms with E-state index in [2.05, 4.69) is 15.0 Å². The van der Waals surface area contributed by atoms with Gasteiger partial charge in [-0.3, -0.25) is 4.79 Å². The largest absolute Gasteiger partial charge is 0.481 e. The average molecular weight is 536 g/mol. The van der Waals surface area contributed by atoms with Crippen molar-refractivity contribution in [2.45, 2.75) is 63.5 Å². The van der Waals surface area contributed by atoms with Crippen LogP contribution in [-0.2, 0) is 28.7 Å². The molecule has 0 N–H and O–H groups in total. The summed E-state index contributed by atoms with van der Waals surface area (Å²) in [6.07, 6.45) is 2.98. The van der Waals surface area contributed by atoms with Gasteiger partial charge in [0.2, 0.25) is 17.7 Å². The summed E-state index contributed by atoms with van der Waals surface area (Å²) in [4.78, 5) is 29.4. The lowest BCUT2D eigenvalue weighted by Gasteiger charge is -2.31. The second-order valence-electron chi connectivity index (χ2n) is 10.0. The zero-order chi connectivity index (χ0) is 26.9. The Kier molecular flexibility index (Phi) is 7.60. The van der Waals surface area contributed by atoms with Crippen LogP contribution in [0.1, 0.15) is 48.9 Å². The van der Waals surface area contributed by atoms with E-state index < -0.39 is 17.6 Å². The summed E-state index contributed by atoms with van der Waals surface area (Å²) < 4.78 is 57.1. The first-order chi connectivity index (χ1) is 18.3. The van der Waals surface area contributed by atoms with Crippen LogP contribution < -0.4 is 14.4 Å². The molecule has 1 saturated carbocycles. The Hall–Kier alpha value is -3.15. The number of aromatic nitrogens is 3. The number of alkyl halides is 3. The Bertz CT molecular complexity index is 1160. The number of carbonyl (C=O) groups is 1. The molecule has 0 spiro atoms. The molecule has 0 bridgehead atoms. The van der Waals surface area contributed by atoms with Crippen molar-refractivity contribution in [1.82, 2.24) is 19.9 Å². The van der Waals surface area contributed by atoms with Crippen molar-refractivity contribution in [3.05, 3.63) is 35.4 Å². The molecule has 38 heavy (non-hydrogen) atoms. The quantitative estimate of drug-likeness (QED) is 0.554. The van der Waals surface area contributed by atoms with Crippen LogP contribution in [0.5, 0.6) is 11.8 Å². The minimum Gasteiger partial charge on any atom is -0.481 e. The van der Waals surface area contributed by atoms with E-state index in [0.717, 1.165) is 43.0 Å². The van der Waals surface area contributed by atoms with Crippen molar-refractivity contribution in [1.29, 1.82) is 0 Å². The van der Waals surface area contributed by atoms with Crippen LogP contribution in [0.3, 0.4) is 0 Å². The molecular weight excluding hydrogens is 503 g/mol. The van der Waals surface area contributed by atoms with Gasteiger partial charge in [-0.1, -0.05) is 0 Å². The lowest BCUT2D eigenvalue weighted by molar-refractivity contribution is -0.139. The fourth-order valence-electron chi connectivity index (χ4n) is 5.60. The number of rotatable bonds is 6. The van der Waals surface area contributed by atoms with Crippen molar-refractivity contribution in [3.63, 3.8) is 0 Å². The number of fused-ring (bicyclic) bond motifs is 1. The topological polar surface area (TPSA) is 89.9 Å². The Morgan fingerprint density at radius 3 is 2.50 bits per heavy atom. The van der Waals surface area contributed by atoms with Crippen LogP contribution in [0.15, 0.2) is 18.6 Å². The Balaban J connectivity index is 1.26. The van der Waals surface area contributed by atoms with Gasteiger partial charge in [-0.2, -0.15) is 13.2 Å². The highest BCUT2D eigenvalue weighted by Gasteiger charge is 2.37. The summed E-state index contributed by atoms with van der Waals surface area (Å²) in [5.74, 6) is 0.157. The third-order valence-electron chi connectivity index (χ3n) is 7.75. The fraction of sp³-hybridized carbons (Fsp3) is 0.615. The third kappa shape index (κ3) is 5.50. The van der Waals surface area contributed by atoms with Crippen LogP contribution in [-0.4, -0.2) is 71.8 Å². The first-order valence-electron chi connectivity index (χ1n) is 12.9. The molecule has 4 heterocycles. The Morgan fingerprint density at radius 2 is 1.79 bits per heavy atom. The van der Waals surface area contributed by atoms with Gasteiger partial charge in [-0.25, -0.2) is 15.0 Å². The highest BCUT2D eigenvalue weighted by atomic mass is 19.4. The van der Waals surface area contributed by atoms with Gasteiger partial charge in [0.1, 0.15) is 18.0 Å². The molecule has 2 aromatic heterocycles. The SMILES string of the molecule is COc1ncc(N2CCc3ncnc(O[C@H]4CCN(C(=O)[C@H]5CC[C@H](OC)CC5)C4)c3C2)cc1C(F)(F)F. The number of ether oxygens (including phenoxy) is 3. The van der Waals surface area contributed by atoms with E-state index in [1.165, 1.54) is 19.6 Å². The molecule has 206 valence electrons. The first-order valence-corrected chi connectivity index (χ1v) is 12.9. The maximum Gasteiger partial charge on any atom is 0.421 e. The van der Waals surface area contributed by atoms with Gasteiger partial charge in [0, 0.05) is 39.0 Å². The zero-order valence-corrected chi connectivity index (χ0v) is 21.5. The number of carbonyl (C=O) groups excluding carboxylic acids is 1. The van der Waals surface area contributed by atoms with Gasteiger partial charge in [-0.15, -0.1) is 0 Å². The number of nitrogens with zero attached hydrogens (tertiary/aromatic N) is 5. The molecule has 1 amide bonds. The number of pyridine rings is 1. The van der Waals surface area contributed by atoms with Crippen molar-refractivity contribution in [3.8, 4) is 11.8 Å². The summed E-state index contributed by atoms with van der Waals surface area (Å²) in [6, 6.07) is 1.06. The van der Waals surface area contributed by atoms with Crippen molar-refractivity contribution < 1.29 is 32.2 Å². The predicted octanol–water partition coefficient (Wildman–Crippen LogP) is 3.65. The zero-order valence-electron chi connectivity index (χ0n) is 21.5. The molecule has 2 aliphatic heterocycles. The normalized spacial score (nSPS) is 23.8. The van der Waals surface area contributed by atoms with Gasteiger partial charge >= 0.3 is 6.18 Å².